The lowest BCUT2D eigenvalue weighted by Crippen LogP contribution is -2.40. The Morgan fingerprint density at radius 3 is 2.50 bits per heavy atom. The SMILES string of the molecule is Cc1nc(C)n(CC(N)(C#N)c2ccccc2)n1. The van der Waals surface area contributed by atoms with Gasteiger partial charge in [0, 0.05) is 0 Å². The van der Waals surface area contributed by atoms with Crippen molar-refractivity contribution >= 4 is 0 Å². The molecular formula is C13H15N5. The molecular weight excluding hydrogens is 226 g/mol. The normalized spacial score (nSPS) is 13.9. The second-order valence-corrected chi connectivity index (χ2v) is 4.31. The van der Waals surface area contributed by atoms with Crippen molar-refractivity contribution in [3.05, 3.63) is 47.5 Å². The van der Waals surface area contributed by atoms with Gasteiger partial charge in [-0.25, -0.2) is 9.67 Å². The van der Waals surface area contributed by atoms with Gasteiger partial charge in [-0.05, 0) is 19.4 Å². The molecule has 0 fully saturated rings. The van der Waals surface area contributed by atoms with Crippen molar-refractivity contribution in [1.29, 1.82) is 5.26 Å². The first-order valence-electron chi connectivity index (χ1n) is 5.69. The Kier molecular flexibility index (Phi) is 3.13. The summed E-state index contributed by atoms with van der Waals surface area (Å²) in [4.78, 5) is 4.21. The molecule has 2 N–H and O–H groups in total. The number of rotatable bonds is 3. The molecule has 1 aromatic heterocycles. The summed E-state index contributed by atoms with van der Waals surface area (Å²) in [6.07, 6.45) is 0. The summed E-state index contributed by atoms with van der Waals surface area (Å²) >= 11 is 0. The monoisotopic (exact) mass is 241 g/mol. The molecule has 2 rings (SSSR count). The first kappa shape index (κ1) is 12.3. The quantitative estimate of drug-likeness (QED) is 0.877. The van der Waals surface area contributed by atoms with Crippen LogP contribution in [0, 0.1) is 25.2 Å². The fourth-order valence-electron chi connectivity index (χ4n) is 1.87. The van der Waals surface area contributed by atoms with E-state index in [1.807, 2.05) is 44.2 Å². The summed E-state index contributed by atoms with van der Waals surface area (Å²) in [6.45, 7) is 3.96. The zero-order chi connectivity index (χ0) is 13.2. The van der Waals surface area contributed by atoms with E-state index >= 15 is 0 Å². The number of nitrogens with zero attached hydrogens (tertiary/aromatic N) is 4. The van der Waals surface area contributed by atoms with Crippen LogP contribution in [-0.2, 0) is 12.1 Å². The fraction of sp³-hybridized carbons (Fsp3) is 0.308. The van der Waals surface area contributed by atoms with Crippen LogP contribution < -0.4 is 5.73 Å². The third-order valence-electron chi connectivity index (χ3n) is 2.85. The zero-order valence-corrected chi connectivity index (χ0v) is 10.5. The molecule has 0 spiro atoms. The average molecular weight is 241 g/mol. The molecule has 0 amide bonds. The molecule has 1 unspecified atom stereocenters. The van der Waals surface area contributed by atoms with Crippen LogP contribution in [0.25, 0.3) is 0 Å². The summed E-state index contributed by atoms with van der Waals surface area (Å²) in [7, 11) is 0. The average Bonchev–Trinajstić information content (AvgIpc) is 2.68. The lowest BCUT2D eigenvalue weighted by Gasteiger charge is -2.22. The molecule has 5 nitrogen and oxygen atoms in total. The summed E-state index contributed by atoms with van der Waals surface area (Å²) in [5.41, 5.74) is 5.87. The summed E-state index contributed by atoms with van der Waals surface area (Å²) < 4.78 is 1.67. The third kappa shape index (κ3) is 2.24. The third-order valence-corrected chi connectivity index (χ3v) is 2.85. The number of nitriles is 1. The summed E-state index contributed by atoms with van der Waals surface area (Å²) in [5.74, 6) is 1.44. The molecule has 0 aliphatic heterocycles. The Hall–Kier alpha value is -2.19. The van der Waals surface area contributed by atoms with Crippen LogP contribution in [0.15, 0.2) is 30.3 Å². The molecule has 1 heterocycles. The van der Waals surface area contributed by atoms with Gasteiger partial charge in [0.1, 0.15) is 17.2 Å². The molecule has 0 bridgehead atoms. The smallest absolute Gasteiger partial charge is 0.149 e. The molecule has 0 aliphatic rings. The first-order chi connectivity index (χ1) is 8.55. The van der Waals surface area contributed by atoms with E-state index in [0.717, 1.165) is 11.4 Å². The first-order valence-corrected chi connectivity index (χ1v) is 5.69. The van der Waals surface area contributed by atoms with Gasteiger partial charge in [-0.3, -0.25) is 0 Å². The van der Waals surface area contributed by atoms with Gasteiger partial charge in [0.15, 0.2) is 0 Å². The van der Waals surface area contributed by atoms with Crippen molar-refractivity contribution in [2.75, 3.05) is 0 Å². The Morgan fingerprint density at radius 2 is 2.00 bits per heavy atom. The van der Waals surface area contributed by atoms with Gasteiger partial charge in [-0.2, -0.15) is 10.4 Å². The minimum atomic E-state index is -1.09. The van der Waals surface area contributed by atoms with Crippen molar-refractivity contribution in [3.8, 4) is 6.07 Å². The standard InChI is InChI=1S/C13H15N5/c1-10-16-11(2)18(17-10)9-13(15,8-14)12-6-4-3-5-7-12/h3-7H,9,15H2,1-2H3. The van der Waals surface area contributed by atoms with Crippen molar-refractivity contribution < 1.29 is 0 Å². The Morgan fingerprint density at radius 1 is 1.33 bits per heavy atom. The largest absolute Gasteiger partial charge is 0.308 e. The molecule has 0 aliphatic carbocycles. The van der Waals surface area contributed by atoms with E-state index in [1.54, 1.807) is 4.68 Å². The van der Waals surface area contributed by atoms with Gasteiger partial charge in [0.2, 0.25) is 0 Å². The summed E-state index contributed by atoms with van der Waals surface area (Å²) in [6, 6.07) is 11.5. The molecule has 92 valence electrons. The Balaban J connectivity index is 2.36. The van der Waals surface area contributed by atoms with Gasteiger partial charge in [0.05, 0.1) is 12.6 Å². The van der Waals surface area contributed by atoms with Crippen LogP contribution in [0.2, 0.25) is 0 Å². The van der Waals surface area contributed by atoms with E-state index in [1.165, 1.54) is 0 Å². The van der Waals surface area contributed by atoms with E-state index in [4.69, 9.17) is 5.73 Å². The molecule has 1 aromatic carbocycles. The molecule has 1 atom stereocenters. The highest BCUT2D eigenvalue weighted by atomic mass is 15.4. The minimum Gasteiger partial charge on any atom is -0.308 e. The van der Waals surface area contributed by atoms with Crippen molar-refractivity contribution in [2.24, 2.45) is 5.73 Å². The van der Waals surface area contributed by atoms with E-state index in [2.05, 4.69) is 16.2 Å². The maximum Gasteiger partial charge on any atom is 0.149 e. The molecule has 0 saturated carbocycles. The van der Waals surface area contributed by atoms with Gasteiger partial charge in [0.25, 0.3) is 0 Å². The number of nitrogens with two attached hydrogens (primary N) is 1. The predicted molar refractivity (Wildman–Crippen MR) is 67.4 cm³/mol. The van der Waals surface area contributed by atoms with Crippen LogP contribution >= 0.6 is 0 Å². The second-order valence-electron chi connectivity index (χ2n) is 4.31. The number of aryl methyl sites for hydroxylation is 2. The minimum absolute atomic E-state index is 0.292. The number of aromatic nitrogens is 3. The van der Waals surface area contributed by atoms with E-state index in [9.17, 15) is 5.26 Å². The van der Waals surface area contributed by atoms with Gasteiger partial charge in [-0.1, -0.05) is 30.3 Å². The van der Waals surface area contributed by atoms with E-state index in [-0.39, 0.29) is 0 Å². The molecule has 2 aromatic rings. The molecule has 0 radical (unpaired) electrons. The highest BCUT2D eigenvalue weighted by molar-refractivity contribution is 5.30. The molecule has 5 heteroatoms. The highest BCUT2D eigenvalue weighted by Gasteiger charge is 2.28. The van der Waals surface area contributed by atoms with E-state index in [0.29, 0.717) is 12.4 Å². The lowest BCUT2D eigenvalue weighted by molar-refractivity contribution is 0.432. The zero-order valence-electron chi connectivity index (χ0n) is 10.5. The van der Waals surface area contributed by atoms with Crippen LogP contribution in [0.5, 0.6) is 0 Å². The Labute approximate surface area is 106 Å². The molecule has 0 saturated heterocycles. The predicted octanol–water partition coefficient (Wildman–Crippen LogP) is 1.27. The van der Waals surface area contributed by atoms with Gasteiger partial charge in [-0.15, -0.1) is 0 Å². The molecule has 18 heavy (non-hydrogen) atoms. The summed E-state index contributed by atoms with van der Waals surface area (Å²) in [5, 5.41) is 13.6. The highest BCUT2D eigenvalue weighted by Crippen LogP contribution is 2.19. The van der Waals surface area contributed by atoms with Gasteiger partial charge >= 0.3 is 0 Å². The number of hydrogen-bond donors (Lipinski definition) is 1. The maximum atomic E-state index is 9.36. The van der Waals surface area contributed by atoms with Crippen molar-refractivity contribution in [1.82, 2.24) is 14.8 Å². The Bertz CT molecular complexity index is 581. The van der Waals surface area contributed by atoms with Crippen LogP contribution in [0.4, 0.5) is 0 Å². The maximum absolute atomic E-state index is 9.36. The van der Waals surface area contributed by atoms with Crippen LogP contribution in [0.3, 0.4) is 0 Å². The van der Waals surface area contributed by atoms with Gasteiger partial charge < -0.3 is 5.73 Å². The van der Waals surface area contributed by atoms with Crippen molar-refractivity contribution in [2.45, 2.75) is 25.9 Å². The number of hydrogen-bond acceptors (Lipinski definition) is 4. The lowest BCUT2D eigenvalue weighted by atomic mass is 9.92. The van der Waals surface area contributed by atoms with Crippen LogP contribution in [-0.4, -0.2) is 14.8 Å². The van der Waals surface area contributed by atoms with E-state index < -0.39 is 5.54 Å². The second kappa shape index (κ2) is 4.59. The fourth-order valence-corrected chi connectivity index (χ4v) is 1.87. The van der Waals surface area contributed by atoms with Crippen LogP contribution in [0.1, 0.15) is 17.2 Å². The topological polar surface area (TPSA) is 80.5 Å². The van der Waals surface area contributed by atoms with Crippen molar-refractivity contribution in [3.63, 3.8) is 0 Å². The number of benzene rings is 1.